The number of rotatable bonds is 4. The first-order chi connectivity index (χ1) is 12.2. The van der Waals surface area contributed by atoms with Crippen LogP contribution < -0.4 is 5.32 Å². The van der Waals surface area contributed by atoms with Gasteiger partial charge in [0.1, 0.15) is 0 Å². The molecule has 2 aromatic heterocycles. The SMILES string of the molecule is CSc1ccccc1-c1nnc(NC(=O)c2ccc3ncsc3c2)o1. The summed E-state index contributed by atoms with van der Waals surface area (Å²) in [6, 6.07) is 13.1. The lowest BCUT2D eigenvalue weighted by atomic mass is 10.2. The first-order valence-electron chi connectivity index (χ1n) is 7.36. The van der Waals surface area contributed by atoms with Crippen LogP contribution in [0.15, 0.2) is 57.3 Å². The number of nitrogens with one attached hydrogen (secondary N) is 1. The van der Waals surface area contributed by atoms with Crippen LogP contribution in [-0.4, -0.2) is 27.3 Å². The second kappa shape index (κ2) is 6.66. The second-order valence-corrected chi connectivity index (χ2v) is 6.84. The Balaban J connectivity index is 1.57. The molecule has 6 nitrogen and oxygen atoms in total. The summed E-state index contributed by atoms with van der Waals surface area (Å²) in [7, 11) is 0. The third kappa shape index (κ3) is 3.13. The Kier molecular flexibility index (Phi) is 4.21. The van der Waals surface area contributed by atoms with Gasteiger partial charge >= 0.3 is 6.01 Å². The first kappa shape index (κ1) is 15.8. The number of hydrogen-bond donors (Lipinski definition) is 1. The molecular formula is C17H12N4O2S2. The van der Waals surface area contributed by atoms with E-state index >= 15 is 0 Å². The number of benzene rings is 2. The predicted octanol–water partition coefficient (Wildman–Crippen LogP) is 4.32. The van der Waals surface area contributed by atoms with Gasteiger partial charge in [0, 0.05) is 10.5 Å². The summed E-state index contributed by atoms with van der Waals surface area (Å²) >= 11 is 3.08. The second-order valence-electron chi connectivity index (χ2n) is 5.10. The van der Waals surface area contributed by atoms with E-state index in [-0.39, 0.29) is 11.9 Å². The van der Waals surface area contributed by atoms with Crippen molar-refractivity contribution in [3.05, 3.63) is 53.5 Å². The number of carbonyl (C=O) groups excluding carboxylic acids is 1. The fourth-order valence-electron chi connectivity index (χ4n) is 2.37. The average Bonchev–Trinajstić information content (AvgIpc) is 3.30. The summed E-state index contributed by atoms with van der Waals surface area (Å²) in [6.45, 7) is 0. The van der Waals surface area contributed by atoms with Crippen molar-refractivity contribution in [3.8, 4) is 11.5 Å². The van der Waals surface area contributed by atoms with Crippen LogP contribution in [0.5, 0.6) is 0 Å². The molecule has 8 heteroatoms. The van der Waals surface area contributed by atoms with Crippen LogP contribution in [0.25, 0.3) is 21.7 Å². The maximum absolute atomic E-state index is 12.4. The topological polar surface area (TPSA) is 80.9 Å². The lowest BCUT2D eigenvalue weighted by Crippen LogP contribution is -2.11. The first-order valence-corrected chi connectivity index (χ1v) is 9.46. The van der Waals surface area contributed by atoms with Crippen molar-refractivity contribution in [2.75, 3.05) is 11.6 Å². The minimum absolute atomic E-state index is 0.0697. The van der Waals surface area contributed by atoms with Crippen molar-refractivity contribution >= 4 is 45.2 Å². The maximum Gasteiger partial charge on any atom is 0.322 e. The monoisotopic (exact) mass is 368 g/mol. The maximum atomic E-state index is 12.4. The number of aromatic nitrogens is 3. The van der Waals surface area contributed by atoms with Crippen LogP contribution >= 0.6 is 23.1 Å². The van der Waals surface area contributed by atoms with Gasteiger partial charge < -0.3 is 4.42 Å². The van der Waals surface area contributed by atoms with E-state index in [0.29, 0.717) is 11.5 Å². The quantitative estimate of drug-likeness (QED) is 0.540. The largest absolute Gasteiger partial charge is 0.403 e. The number of amides is 1. The molecular weight excluding hydrogens is 356 g/mol. The van der Waals surface area contributed by atoms with Crippen molar-refractivity contribution in [2.24, 2.45) is 0 Å². The van der Waals surface area contributed by atoms with Crippen LogP contribution in [0.2, 0.25) is 0 Å². The lowest BCUT2D eigenvalue weighted by molar-refractivity contribution is 0.102. The highest BCUT2D eigenvalue weighted by Gasteiger charge is 2.15. The number of fused-ring (bicyclic) bond motifs is 1. The van der Waals surface area contributed by atoms with Crippen molar-refractivity contribution in [2.45, 2.75) is 4.90 Å². The average molecular weight is 368 g/mol. The molecule has 0 spiro atoms. The van der Waals surface area contributed by atoms with Crippen LogP contribution in [0, 0.1) is 0 Å². The minimum Gasteiger partial charge on any atom is -0.403 e. The fraction of sp³-hybridized carbons (Fsp3) is 0.0588. The number of thioether (sulfide) groups is 1. The third-order valence-electron chi connectivity index (χ3n) is 3.58. The van der Waals surface area contributed by atoms with Gasteiger partial charge in [-0.2, -0.15) is 0 Å². The molecule has 0 saturated heterocycles. The van der Waals surface area contributed by atoms with Crippen LogP contribution in [0.4, 0.5) is 6.01 Å². The van der Waals surface area contributed by atoms with E-state index in [2.05, 4.69) is 20.5 Å². The number of carbonyl (C=O) groups is 1. The Morgan fingerprint density at radius 1 is 1.20 bits per heavy atom. The Labute approximate surface area is 151 Å². The van der Waals surface area contributed by atoms with Gasteiger partial charge in [0.2, 0.25) is 0 Å². The molecule has 0 aliphatic carbocycles. The van der Waals surface area contributed by atoms with E-state index in [9.17, 15) is 4.79 Å². The Morgan fingerprint density at radius 3 is 2.96 bits per heavy atom. The smallest absolute Gasteiger partial charge is 0.322 e. The number of anilines is 1. The number of hydrogen-bond acceptors (Lipinski definition) is 7. The molecule has 0 fully saturated rings. The number of nitrogens with zero attached hydrogens (tertiary/aromatic N) is 3. The predicted molar refractivity (Wildman–Crippen MR) is 99.1 cm³/mol. The molecule has 0 unspecified atom stereocenters. The van der Waals surface area contributed by atoms with E-state index in [1.54, 1.807) is 29.4 Å². The van der Waals surface area contributed by atoms with E-state index in [0.717, 1.165) is 20.7 Å². The van der Waals surface area contributed by atoms with Crippen molar-refractivity contribution in [3.63, 3.8) is 0 Å². The molecule has 0 bridgehead atoms. The zero-order valence-electron chi connectivity index (χ0n) is 13.1. The zero-order valence-corrected chi connectivity index (χ0v) is 14.7. The van der Waals surface area contributed by atoms with Crippen molar-refractivity contribution < 1.29 is 9.21 Å². The summed E-state index contributed by atoms with van der Waals surface area (Å²) in [5, 5.41) is 10.6. The van der Waals surface area contributed by atoms with Gasteiger partial charge in [-0.15, -0.1) is 28.2 Å². The van der Waals surface area contributed by atoms with Gasteiger partial charge in [0.25, 0.3) is 11.8 Å². The summed E-state index contributed by atoms with van der Waals surface area (Å²) < 4.78 is 6.55. The normalized spacial score (nSPS) is 10.9. The molecule has 0 atom stereocenters. The third-order valence-corrected chi connectivity index (χ3v) is 5.16. The van der Waals surface area contributed by atoms with E-state index in [1.807, 2.05) is 36.6 Å². The molecule has 0 saturated carbocycles. The highest BCUT2D eigenvalue weighted by Crippen LogP contribution is 2.29. The highest BCUT2D eigenvalue weighted by atomic mass is 32.2. The van der Waals surface area contributed by atoms with Gasteiger partial charge in [-0.3, -0.25) is 10.1 Å². The molecule has 25 heavy (non-hydrogen) atoms. The summed E-state index contributed by atoms with van der Waals surface area (Å²) in [5.41, 5.74) is 3.98. The van der Waals surface area contributed by atoms with Crippen LogP contribution in [0.1, 0.15) is 10.4 Å². The van der Waals surface area contributed by atoms with Gasteiger partial charge in [0.15, 0.2) is 0 Å². The van der Waals surface area contributed by atoms with Crippen LogP contribution in [-0.2, 0) is 0 Å². The summed E-state index contributed by atoms with van der Waals surface area (Å²) in [6.07, 6.45) is 1.98. The van der Waals surface area contributed by atoms with Gasteiger partial charge in [0.05, 0.1) is 21.3 Å². The highest BCUT2D eigenvalue weighted by molar-refractivity contribution is 7.98. The molecule has 4 aromatic rings. The molecule has 1 amide bonds. The molecule has 0 radical (unpaired) electrons. The molecule has 2 aromatic carbocycles. The molecule has 1 N–H and O–H groups in total. The summed E-state index contributed by atoms with van der Waals surface area (Å²) in [5.74, 6) is 0.0711. The van der Waals surface area contributed by atoms with Gasteiger partial charge in [-0.05, 0) is 36.6 Å². The molecule has 0 aliphatic rings. The standard InChI is InChI=1S/C17H12N4O2S2/c1-24-13-5-3-2-4-11(13)16-20-21-17(23-16)19-15(22)10-6-7-12-14(8-10)25-9-18-12/h2-9H,1H3,(H,19,21,22). The lowest BCUT2D eigenvalue weighted by Gasteiger charge is -2.02. The van der Waals surface area contributed by atoms with Crippen LogP contribution in [0.3, 0.4) is 0 Å². The minimum atomic E-state index is -0.302. The zero-order chi connectivity index (χ0) is 17.2. The molecule has 0 aliphatic heterocycles. The Bertz CT molecular complexity index is 1060. The van der Waals surface area contributed by atoms with Crippen molar-refractivity contribution in [1.29, 1.82) is 0 Å². The van der Waals surface area contributed by atoms with Gasteiger partial charge in [-0.1, -0.05) is 17.2 Å². The Hall–Kier alpha value is -2.71. The summed E-state index contributed by atoms with van der Waals surface area (Å²) in [4.78, 5) is 17.6. The molecule has 2 heterocycles. The fourth-order valence-corrected chi connectivity index (χ4v) is 3.68. The van der Waals surface area contributed by atoms with Gasteiger partial charge in [-0.25, -0.2) is 4.98 Å². The molecule has 124 valence electrons. The molecule has 4 rings (SSSR count). The Morgan fingerprint density at radius 2 is 2.08 bits per heavy atom. The number of thiazole rings is 1. The van der Waals surface area contributed by atoms with E-state index < -0.39 is 0 Å². The van der Waals surface area contributed by atoms with Crippen molar-refractivity contribution in [1.82, 2.24) is 15.2 Å². The van der Waals surface area contributed by atoms with E-state index in [1.165, 1.54) is 11.3 Å². The van der Waals surface area contributed by atoms with E-state index in [4.69, 9.17) is 4.42 Å².